The summed E-state index contributed by atoms with van der Waals surface area (Å²) in [5.41, 5.74) is 3.75. The Morgan fingerprint density at radius 1 is 1.14 bits per heavy atom. The summed E-state index contributed by atoms with van der Waals surface area (Å²) >= 11 is 0. The average molecular weight is 308 g/mol. The first-order chi connectivity index (χ1) is 10.2. The number of amides is 1. The van der Waals surface area contributed by atoms with Crippen molar-refractivity contribution in [1.82, 2.24) is 0 Å². The van der Waals surface area contributed by atoms with Gasteiger partial charge in [0.1, 0.15) is 0 Å². The van der Waals surface area contributed by atoms with Crippen molar-refractivity contribution in [1.29, 1.82) is 0 Å². The van der Waals surface area contributed by atoms with Gasteiger partial charge in [-0.15, -0.1) is 0 Å². The molecule has 1 amide bonds. The summed E-state index contributed by atoms with van der Waals surface area (Å²) in [7, 11) is 0. The lowest BCUT2D eigenvalue weighted by Gasteiger charge is -2.22. The normalized spacial score (nSPS) is 13.0. The van der Waals surface area contributed by atoms with Gasteiger partial charge in [0.25, 0.3) is 0 Å². The lowest BCUT2D eigenvalue weighted by molar-refractivity contribution is -0.142. The Balaban J connectivity index is 3.01. The van der Waals surface area contributed by atoms with E-state index in [1.165, 1.54) is 31.2 Å². The average Bonchev–Trinajstić information content (AvgIpc) is 2.44. The molecule has 1 aromatic rings. The van der Waals surface area contributed by atoms with E-state index in [2.05, 4.69) is 5.32 Å². The number of carbonyl (C=O) groups is 4. The van der Waals surface area contributed by atoms with Crippen LogP contribution in [0.3, 0.4) is 0 Å². The Morgan fingerprint density at radius 2 is 1.68 bits per heavy atom. The van der Waals surface area contributed by atoms with Crippen molar-refractivity contribution < 1.29 is 29.4 Å². The van der Waals surface area contributed by atoms with Crippen molar-refractivity contribution in [3.05, 3.63) is 29.8 Å². The third-order valence-corrected chi connectivity index (χ3v) is 2.99. The minimum Gasteiger partial charge on any atom is -0.481 e. The smallest absolute Gasteiger partial charge is 0.331 e. The number of Topliss-reactive ketones (excluding diaryl/α,β-unsaturated/α-hetero) is 1. The Hall–Kier alpha value is -2.74. The number of carbonyl (C=O) groups excluding carboxylic acids is 2. The zero-order valence-electron chi connectivity index (χ0n) is 11.8. The van der Waals surface area contributed by atoms with Gasteiger partial charge >= 0.3 is 11.9 Å². The summed E-state index contributed by atoms with van der Waals surface area (Å²) in [6, 6.07) is 5.49. The van der Waals surface area contributed by atoms with Crippen LogP contribution in [-0.4, -0.2) is 39.4 Å². The number of nitrogens with one attached hydrogen (secondary N) is 1. The highest BCUT2D eigenvalue weighted by Gasteiger charge is 2.42. The van der Waals surface area contributed by atoms with Crippen LogP contribution in [0, 0.1) is 0 Å². The van der Waals surface area contributed by atoms with Crippen LogP contribution < -0.4 is 11.1 Å². The van der Waals surface area contributed by atoms with Crippen molar-refractivity contribution in [2.45, 2.75) is 25.3 Å². The molecule has 0 aliphatic heterocycles. The number of benzene rings is 1. The number of carboxylic acids is 2. The zero-order chi connectivity index (χ0) is 16.9. The van der Waals surface area contributed by atoms with Gasteiger partial charge in [-0.1, -0.05) is 0 Å². The van der Waals surface area contributed by atoms with Crippen LogP contribution in [0.1, 0.15) is 30.1 Å². The summed E-state index contributed by atoms with van der Waals surface area (Å²) in [5.74, 6) is -4.02. The van der Waals surface area contributed by atoms with Crippen LogP contribution in [0.15, 0.2) is 24.3 Å². The number of anilines is 1. The fourth-order valence-corrected chi connectivity index (χ4v) is 1.79. The quantitative estimate of drug-likeness (QED) is 0.423. The highest BCUT2D eigenvalue weighted by atomic mass is 16.4. The monoisotopic (exact) mass is 308 g/mol. The number of hydrogen-bond acceptors (Lipinski definition) is 5. The summed E-state index contributed by atoms with van der Waals surface area (Å²) in [6.45, 7) is 1.32. The molecule has 0 aliphatic carbocycles. The van der Waals surface area contributed by atoms with E-state index in [-0.39, 0.29) is 11.5 Å². The van der Waals surface area contributed by atoms with E-state index in [4.69, 9.17) is 15.9 Å². The largest absolute Gasteiger partial charge is 0.481 e. The molecule has 1 aromatic carbocycles. The maximum absolute atomic E-state index is 12.3. The molecule has 0 bridgehead atoms. The van der Waals surface area contributed by atoms with Gasteiger partial charge in [-0.05, 0) is 30.7 Å². The molecule has 0 radical (unpaired) electrons. The molecule has 22 heavy (non-hydrogen) atoms. The predicted molar refractivity (Wildman–Crippen MR) is 76.5 cm³/mol. The Bertz CT molecular complexity index is 610. The SMILES string of the molecule is CC(=O)Nc1ccc(C(=O)[C@](N)(CCC(=O)O)C(=O)O)cc1. The summed E-state index contributed by atoms with van der Waals surface area (Å²) in [5, 5.41) is 20.3. The number of carboxylic acid groups (broad SMARTS) is 2. The molecule has 0 saturated carbocycles. The molecule has 118 valence electrons. The second kappa shape index (κ2) is 6.81. The Labute approximate surface area is 125 Å². The minimum atomic E-state index is -2.31. The van der Waals surface area contributed by atoms with Gasteiger partial charge in [-0.3, -0.25) is 14.4 Å². The molecule has 5 N–H and O–H groups in total. The van der Waals surface area contributed by atoms with Crippen LogP contribution in [-0.2, 0) is 14.4 Å². The molecule has 0 aromatic heterocycles. The summed E-state index contributed by atoms with van der Waals surface area (Å²) in [4.78, 5) is 45.0. The molecule has 8 nitrogen and oxygen atoms in total. The van der Waals surface area contributed by atoms with Gasteiger partial charge < -0.3 is 21.3 Å². The van der Waals surface area contributed by atoms with E-state index in [0.717, 1.165) is 0 Å². The molecule has 0 fully saturated rings. The zero-order valence-corrected chi connectivity index (χ0v) is 11.8. The second-order valence-electron chi connectivity index (χ2n) is 4.76. The first-order valence-corrected chi connectivity index (χ1v) is 6.33. The molecular weight excluding hydrogens is 292 g/mol. The van der Waals surface area contributed by atoms with Gasteiger partial charge in [-0.2, -0.15) is 0 Å². The molecular formula is C14H16N2O6. The van der Waals surface area contributed by atoms with Crippen LogP contribution in [0.4, 0.5) is 5.69 Å². The van der Waals surface area contributed by atoms with Crippen molar-refractivity contribution in [2.75, 3.05) is 5.32 Å². The number of ketones is 1. The molecule has 0 heterocycles. The first kappa shape index (κ1) is 17.3. The molecule has 0 spiro atoms. The molecule has 0 saturated heterocycles. The first-order valence-electron chi connectivity index (χ1n) is 6.33. The highest BCUT2D eigenvalue weighted by Crippen LogP contribution is 2.19. The number of nitrogens with two attached hydrogens (primary N) is 1. The lowest BCUT2D eigenvalue weighted by Crippen LogP contribution is -2.55. The highest BCUT2D eigenvalue weighted by molar-refractivity contribution is 6.16. The molecule has 8 heteroatoms. The maximum Gasteiger partial charge on any atom is 0.331 e. The van der Waals surface area contributed by atoms with Gasteiger partial charge in [-0.25, -0.2) is 4.79 Å². The fraction of sp³-hybridized carbons (Fsp3) is 0.286. The van der Waals surface area contributed by atoms with E-state index < -0.39 is 36.1 Å². The second-order valence-corrected chi connectivity index (χ2v) is 4.76. The lowest BCUT2D eigenvalue weighted by atomic mass is 9.86. The predicted octanol–water partition coefficient (Wildman–Crippen LogP) is 0.475. The van der Waals surface area contributed by atoms with Gasteiger partial charge in [0.2, 0.25) is 5.91 Å². The van der Waals surface area contributed by atoms with E-state index in [9.17, 15) is 19.2 Å². The third kappa shape index (κ3) is 4.13. The van der Waals surface area contributed by atoms with Gasteiger partial charge in [0.05, 0.1) is 0 Å². The van der Waals surface area contributed by atoms with E-state index in [1.807, 2.05) is 0 Å². The fourth-order valence-electron chi connectivity index (χ4n) is 1.79. The van der Waals surface area contributed by atoms with E-state index >= 15 is 0 Å². The third-order valence-electron chi connectivity index (χ3n) is 2.99. The van der Waals surface area contributed by atoms with Crippen molar-refractivity contribution >= 4 is 29.3 Å². The topological polar surface area (TPSA) is 147 Å². The van der Waals surface area contributed by atoms with Crippen LogP contribution in [0.2, 0.25) is 0 Å². The Kier molecular flexibility index (Phi) is 5.36. The van der Waals surface area contributed by atoms with Gasteiger partial charge in [0, 0.05) is 24.6 Å². The molecule has 1 atom stereocenters. The number of rotatable bonds is 7. The molecule has 0 unspecified atom stereocenters. The maximum atomic E-state index is 12.3. The van der Waals surface area contributed by atoms with Gasteiger partial charge in [0.15, 0.2) is 11.3 Å². The van der Waals surface area contributed by atoms with Crippen molar-refractivity contribution in [3.63, 3.8) is 0 Å². The minimum absolute atomic E-state index is 0.0180. The molecule has 1 rings (SSSR count). The van der Waals surface area contributed by atoms with Crippen molar-refractivity contribution in [2.24, 2.45) is 5.73 Å². The van der Waals surface area contributed by atoms with Crippen LogP contribution >= 0.6 is 0 Å². The number of aliphatic carboxylic acids is 2. The van der Waals surface area contributed by atoms with Crippen LogP contribution in [0.5, 0.6) is 0 Å². The standard InChI is InChI=1S/C14H16N2O6/c1-8(17)16-10-4-2-9(3-5-10)12(20)14(15,13(21)22)7-6-11(18)19/h2-5H,6-7,15H2,1H3,(H,16,17)(H,18,19)(H,21,22)/t14-/m1/s1. The van der Waals surface area contributed by atoms with E-state index in [0.29, 0.717) is 5.69 Å². The number of hydrogen-bond donors (Lipinski definition) is 4. The molecule has 0 aliphatic rings. The van der Waals surface area contributed by atoms with Crippen LogP contribution in [0.25, 0.3) is 0 Å². The summed E-state index contributed by atoms with van der Waals surface area (Å²) in [6.07, 6.45) is -1.07. The Morgan fingerprint density at radius 3 is 2.09 bits per heavy atom. The summed E-state index contributed by atoms with van der Waals surface area (Å²) < 4.78 is 0. The van der Waals surface area contributed by atoms with Crippen molar-refractivity contribution in [3.8, 4) is 0 Å². The van der Waals surface area contributed by atoms with E-state index in [1.54, 1.807) is 0 Å².